The second kappa shape index (κ2) is 9.14. The molecular formula is C20H27FN4O3. The Hall–Kier alpha value is -2.48. The van der Waals surface area contributed by atoms with Crippen LogP contribution in [0.3, 0.4) is 0 Å². The topological polar surface area (TPSA) is 80.5 Å². The van der Waals surface area contributed by atoms with E-state index in [0.717, 1.165) is 12.8 Å². The Kier molecular flexibility index (Phi) is 6.61. The molecule has 1 aromatic carbocycles. The molecule has 1 aliphatic rings. The Morgan fingerprint density at radius 2 is 2.11 bits per heavy atom. The zero-order valence-electron chi connectivity index (χ0n) is 16.5. The minimum Gasteiger partial charge on any atom is -0.449 e. The SMILES string of the molecule is CC(C)COC(=O)N1CCC(NC(C)c2nc(-c3cccc(F)c3)no2)CC1. The molecule has 28 heavy (non-hydrogen) atoms. The van der Waals surface area contributed by atoms with Gasteiger partial charge in [-0.1, -0.05) is 31.1 Å². The van der Waals surface area contributed by atoms with E-state index in [-0.39, 0.29) is 24.0 Å². The molecule has 0 saturated carbocycles. The molecule has 1 atom stereocenters. The third kappa shape index (κ3) is 5.28. The van der Waals surface area contributed by atoms with Crippen molar-refractivity contribution in [2.24, 2.45) is 5.92 Å². The van der Waals surface area contributed by atoms with Gasteiger partial charge in [-0.3, -0.25) is 0 Å². The maximum Gasteiger partial charge on any atom is 0.409 e. The number of likely N-dealkylation sites (tertiary alicyclic amines) is 1. The van der Waals surface area contributed by atoms with Crippen LogP contribution >= 0.6 is 0 Å². The van der Waals surface area contributed by atoms with E-state index in [9.17, 15) is 9.18 Å². The molecular weight excluding hydrogens is 363 g/mol. The van der Waals surface area contributed by atoms with Crippen LogP contribution in [0.2, 0.25) is 0 Å². The van der Waals surface area contributed by atoms with Crippen LogP contribution in [0.1, 0.15) is 45.5 Å². The average molecular weight is 390 g/mol. The number of halogens is 1. The number of carbonyl (C=O) groups is 1. The van der Waals surface area contributed by atoms with Crippen molar-refractivity contribution >= 4 is 6.09 Å². The summed E-state index contributed by atoms with van der Waals surface area (Å²) in [5, 5.41) is 7.42. The maximum atomic E-state index is 13.4. The predicted octanol–water partition coefficient (Wildman–Crippen LogP) is 3.78. The largest absolute Gasteiger partial charge is 0.449 e. The Labute approximate surface area is 164 Å². The Bertz CT molecular complexity index is 787. The number of amides is 1. The van der Waals surface area contributed by atoms with Crippen molar-refractivity contribution in [1.82, 2.24) is 20.4 Å². The molecule has 0 radical (unpaired) electrons. The molecule has 1 amide bonds. The summed E-state index contributed by atoms with van der Waals surface area (Å²) in [5.41, 5.74) is 0.579. The summed E-state index contributed by atoms with van der Waals surface area (Å²) in [6, 6.07) is 6.21. The molecule has 1 N–H and O–H groups in total. The van der Waals surface area contributed by atoms with Crippen LogP contribution in [0.4, 0.5) is 9.18 Å². The van der Waals surface area contributed by atoms with Crippen molar-refractivity contribution in [2.75, 3.05) is 19.7 Å². The van der Waals surface area contributed by atoms with Gasteiger partial charge >= 0.3 is 6.09 Å². The van der Waals surface area contributed by atoms with Gasteiger partial charge in [0, 0.05) is 24.7 Å². The number of rotatable bonds is 6. The monoisotopic (exact) mass is 390 g/mol. The standard InChI is InChI=1S/C20H27FN4O3/c1-13(2)12-27-20(26)25-9-7-17(8-10-25)22-14(3)19-23-18(24-28-19)15-5-4-6-16(21)11-15/h4-6,11,13-14,17,22H,7-10,12H2,1-3H3. The van der Waals surface area contributed by atoms with Gasteiger partial charge in [0.2, 0.25) is 11.7 Å². The molecule has 2 heterocycles. The molecule has 8 heteroatoms. The maximum absolute atomic E-state index is 13.4. The summed E-state index contributed by atoms with van der Waals surface area (Å²) >= 11 is 0. The summed E-state index contributed by atoms with van der Waals surface area (Å²) in [4.78, 5) is 18.2. The Morgan fingerprint density at radius 1 is 1.36 bits per heavy atom. The highest BCUT2D eigenvalue weighted by atomic mass is 19.1. The minimum absolute atomic E-state index is 0.140. The lowest BCUT2D eigenvalue weighted by Crippen LogP contribution is -2.45. The third-order valence-electron chi connectivity index (χ3n) is 4.67. The van der Waals surface area contributed by atoms with E-state index in [4.69, 9.17) is 9.26 Å². The smallest absolute Gasteiger partial charge is 0.409 e. The average Bonchev–Trinajstić information content (AvgIpc) is 3.17. The lowest BCUT2D eigenvalue weighted by Gasteiger charge is -2.32. The number of aromatic nitrogens is 2. The Morgan fingerprint density at radius 3 is 2.79 bits per heavy atom. The summed E-state index contributed by atoms with van der Waals surface area (Å²) in [6.07, 6.45) is 1.41. The molecule has 2 aromatic rings. The minimum atomic E-state index is -0.339. The molecule has 7 nitrogen and oxygen atoms in total. The van der Waals surface area contributed by atoms with Gasteiger partial charge in [-0.05, 0) is 37.8 Å². The third-order valence-corrected chi connectivity index (χ3v) is 4.67. The Balaban J connectivity index is 1.50. The normalized spacial score (nSPS) is 16.4. The zero-order chi connectivity index (χ0) is 20.1. The first kappa shape index (κ1) is 20.3. The van der Waals surface area contributed by atoms with Gasteiger partial charge < -0.3 is 19.5 Å². The zero-order valence-corrected chi connectivity index (χ0v) is 16.5. The fraction of sp³-hybridized carbons (Fsp3) is 0.550. The predicted molar refractivity (Wildman–Crippen MR) is 102 cm³/mol. The number of carbonyl (C=O) groups excluding carboxylic acids is 1. The second-order valence-electron chi connectivity index (χ2n) is 7.59. The van der Waals surface area contributed by atoms with Gasteiger partial charge in [0.1, 0.15) is 5.82 Å². The molecule has 3 rings (SSSR count). The molecule has 1 fully saturated rings. The van der Waals surface area contributed by atoms with Crippen molar-refractivity contribution in [3.05, 3.63) is 36.0 Å². The number of hydrogen-bond donors (Lipinski definition) is 1. The van der Waals surface area contributed by atoms with Gasteiger partial charge in [-0.15, -0.1) is 0 Å². The number of benzene rings is 1. The quantitative estimate of drug-likeness (QED) is 0.808. The summed E-state index contributed by atoms with van der Waals surface area (Å²) in [6.45, 7) is 7.73. The molecule has 0 spiro atoms. The molecule has 1 aliphatic heterocycles. The van der Waals surface area contributed by atoms with Gasteiger partial charge in [0.25, 0.3) is 0 Å². The summed E-state index contributed by atoms with van der Waals surface area (Å²) in [5.74, 6) is 0.813. The van der Waals surface area contributed by atoms with Crippen molar-refractivity contribution in [1.29, 1.82) is 0 Å². The van der Waals surface area contributed by atoms with E-state index in [2.05, 4.69) is 15.5 Å². The lowest BCUT2D eigenvalue weighted by molar-refractivity contribution is 0.0809. The van der Waals surface area contributed by atoms with Crippen LogP contribution in [-0.4, -0.2) is 46.9 Å². The van der Waals surface area contributed by atoms with Gasteiger partial charge in [0.05, 0.1) is 12.6 Å². The fourth-order valence-electron chi connectivity index (χ4n) is 3.14. The highest BCUT2D eigenvalue weighted by Crippen LogP contribution is 2.21. The van der Waals surface area contributed by atoms with E-state index < -0.39 is 0 Å². The van der Waals surface area contributed by atoms with Crippen LogP contribution in [0.5, 0.6) is 0 Å². The highest BCUT2D eigenvalue weighted by Gasteiger charge is 2.26. The number of hydrogen-bond acceptors (Lipinski definition) is 6. The van der Waals surface area contributed by atoms with E-state index in [0.29, 0.717) is 42.9 Å². The highest BCUT2D eigenvalue weighted by molar-refractivity contribution is 5.67. The molecule has 0 bridgehead atoms. The number of nitrogens with one attached hydrogen (secondary N) is 1. The molecule has 1 aromatic heterocycles. The van der Waals surface area contributed by atoms with Crippen LogP contribution in [-0.2, 0) is 4.74 Å². The van der Waals surface area contributed by atoms with Crippen LogP contribution in [0, 0.1) is 11.7 Å². The number of ether oxygens (including phenoxy) is 1. The first-order chi connectivity index (χ1) is 13.4. The fourth-order valence-corrected chi connectivity index (χ4v) is 3.14. The van der Waals surface area contributed by atoms with Crippen molar-refractivity contribution in [3.63, 3.8) is 0 Å². The van der Waals surface area contributed by atoms with Gasteiger partial charge in [-0.25, -0.2) is 9.18 Å². The summed E-state index contributed by atoms with van der Waals surface area (Å²) in [7, 11) is 0. The van der Waals surface area contributed by atoms with Crippen LogP contribution < -0.4 is 5.32 Å². The molecule has 1 saturated heterocycles. The first-order valence-corrected chi connectivity index (χ1v) is 9.69. The second-order valence-corrected chi connectivity index (χ2v) is 7.59. The number of nitrogens with zero attached hydrogens (tertiary/aromatic N) is 3. The van der Waals surface area contributed by atoms with Crippen molar-refractivity contribution in [3.8, 4) is 11.4 Å². The lowest BCUT2D eigenvalue weighted by atomic mass is 10.0. The van der Waals surface area contributed by atoms with Gasteiger partial charge in [0.15, 0.2) is 0 Å². The van der Waals surface area contributed by atoms with Crippen molar-refractivity contribution < 1.29 is 18.4 Å². The van der Waals surface area contributed by atoms with E-state index in [1.807, 2.05) is 20.8 Å². The van der Waals surface area contributed by atoms with E-state index in [1.54, 1.807) is 17.0 Å². The van der Waals surface area contributed by atoms with Crippen LogP contribution in [0.25, 0.3) is 11.4 Å². The molecule has 1 unspecified atom stereocenters. The van der Waals surface area contributed by atoms with Gasteiger partial charge in [-0.2, -0.15) is 4.98 Å². The summed E-state index contributed by atoms with van der Waals surface area (Å²) < 4.78 is 24.0. The molecule has 0 aliphatic carbocycles. The molecule has 152 valence electrons. The van der Waals surface area contributed by atoms with E-state index in [1.165, 1.54) is 12.1 Å². The van der Waals surface area contributed by atoms with Crippen LogP contribution in [0.15, 0.2) is 28.8 Å². The first-order valence-electron chi connectivity index (χ1n) is 9.69. The van der Waals surface area contributed by atoms with Crippen molar-refractivity contribution in [2.45, 2.75) is 45.7 Å². The van der Waals surface area contributed by atoms with E-state index >= 15 is 0 Å². The number of piperidine rings is 1.